The number of hydrogen-bond donors (Lipinski definition) is 0. The first-order valence-corrected chi connectivity index (χ1v) is 11.6. The summed E-state index contributed by atoms with van der Waals surface area (Å²) in [5, 5.41) is 0. The summed E-state index contributed by atoms with van der Waals surface area (Å²) >= 11 is 0. The molecule has 2 heterocycles. The molecule has 1 fully saturated rings. The maximum atomic E-state index is 13.6. The van der Waals surface area contributed by atoms with E-state index in [0.717, 1.165) is 0 Å². The van der Waals surface area contributed by atoms with Crippen LogP contribution in [-0.2, 0) is 19.7 Å². The number of para-hydroxylation sites is 3. The van der Waals surface area contributed by atoms with Crippen molar-refractivity contribution >= 4 is 33.4 Å². The van der Waals surface area contributed by atoms with E-state index in [1.54, 1.807) is 68.1 Å². The third kappa shape index (κ3) is 4.20. The van der Waals surface area contributed by atoms with Gasteiger partial charge in [0, 0.05) is 6.54 Å². The number of carbonyl (C=O) groups is 1. The standard InChI is InChI=1S/C22H27N3O5S/c1-22(2,3)30-21(26)23-13-14-29-16-18(23)15-24-19-11-7-8-12-20(19)25(31(24,27)28)17-9-5-4-6-10-17/h4-12,18H,13-16H2,1-3H3. The average Bonchev–Trinajstić information content (AvgIpc) is 2.94. The number of amides is 1. The zero-order chi connectivity index (χ0) is 22.2. The van der Waals surface area contributed by atoms with Crippen LogP contribution in [0.2, 0.25) is 0 Å². The number of morpholine rings is 1. The fourth-order valence-corrected chi connectivity index (χ4v) is 5.53. The molecule has 1 amide bonds. The summed E-state index contributed by atoms with van der Waals surface area (Å²) in [6.45, 7) is 6.45. The first-order valence-electron chi connectivity index (χ1n) is 10.2. The fourth-order valence-electron chi connectivity index (χ4n) is 3.78. The molecule has 1 saturated heterocycles. The predicted octanol–water partition coefficient (Wildman–Crippen LogP) is 3.53. The molecule has 9 heteroatoms. The smallest absolute Gasteiger partial charge is 0.410 e. The van der Waals surface area contributed by atoms with Gasteiger partial charge in [0.2, 0.25) is 0 Å². The second-order valence-corrected chi connectivity index (χ2v) is 10.2. The fraction of sp³-hybridized carbons (Fsp3) is 0.409. The molecule has 0 aromatic heterocycles. The van der Waals surface area contributed by atoms with Crippen LogP contribution < -0.4 is 8.61 Å². The van der Waals surface area contributed by atoms with E-state index in [1.807, 2.05) is 12.1 Å². The third-order valence-electron chi connectivity index (χ3n) is 5.10. The van der Waals surface area contributed by atoms with Gasteiger partial charge in [-0.25, -0.2) is 13.4 Å². The lowest BCUT2D eigenvalue weighted by atomic mass is 10.2. The molecule has 0 radical (unpaired) electrons. The van der Waals surface area contributed by atoms with Crippen LogP contribution in [-0.4, -0.2) is 57.4 Å². The molecule has 2 aromatic carbocycles. The van der Waals surface area contributed by atoms with Crippen LogP contribution in [0.15, 0.2) is 54.6 Å². The molecule has 8 nitrogen and oxygen atoms in total. The van der Waals surface area contributed by atoms with Gasteiger partial charge in [0.05, 0.1) is 42.9 Å². The Balaban J connectivity index is 1.67. The van der Waals surface area contributed by atoms with Gasteiger partial charge in [-0.2, -0.15) is 8.42 Å². The monoisotopic (exact) mass is 445 g/mol. The Bertz CT molecular complexity index is 1050. The van der Waals surface area contributed by atoms with Gasteiger partial charge in [0.25, 0.3) is 0 Å². The van der Waals surface area contributed by atoms with Crippen LogP contribution in [0, 0.1) is 0 Å². The molecule has 31 heavy (non-hydrogen) atoms. The van der Waals surface area contributed by atoms with Crippen LogP contribution in [0.5, 0.6) is 0 Å². The highest BCUT2D eigenvalue weighted by Gasteiger charge is 2.44. The van der Waals surface area contributed by atoms with Gasteiger partial charge >= 0.3 is 16.3 Å². The highest BCUT2D eigenvalue weighted by molar-refractivity contribution is 7.95. The molecular weight excluding hydrogens is 418 g/mol. The Hall–Kier alpha value is -2.78. The Morgan fingerprint density at radius 3 is 2.39 bits per heavy atom. The van der Waals surface area contributed by atoms with Gasteiger partial charge in [0.1, 0.15) is 5.60 Å². The highest BCUT2D eigenvalue weighted by Crippen LogP contribution is 2.45. The maximum absolute atomic E-state index is 13.6. The number of hydrogen-bond acceptors (Lipinski definition) is 5. The number of rotatable bonds is 3. The molecule has 0 spiro atoms. The summed E-state index contributed by atoms with van der Waals surface area (Å²) in [6.07, 6.45) is -0.467. The van der Waals surface area contributed by atoms with E-state index < -0.39 is 27.9 Å². The molecule has 0 saturated carbocycles. The number of nitrogens with zero attached hydrogens (tertiary/aromatic N) is 3. The summed E-state index contributed by atoms with van der Waals surface area (Å²) < 4.78 is 41.0. The first-order chi connectivity index (χ1) is 14.7. The minimum atomic E-state index is -3.89. The maximum Gasteiger partial charge on any atom is 0.410 e. The topological polar surface area (TPSA) is 79.4 Å². The number of anilines is 3. The van der Waals surface area contributed by atoms with Crippen molar-refractivity contribution in [1.29, 1.82) is 0 Å². The van der Waals surface area contributed by atoms with E-state index in [9.17, 15) is 13.2 Å². The van der Waals surface area contributed by atoms with Gasteiger partial charge in [-0.15, -0.1) is 0 Å². The van der Waals surface area contributed by atoms with Crippen molar-refractivity contribution < 1.29 is 22.7 Å². The Kier molecular flexibility index (Phi) is 5.57. The van der Waals surface area contributed by atoms with Gasteiger partial charge < -0.3 is 9.47 Å². The molecule has 2 aliphatic rings. The SMILES string of the molecule is CC(C)(C)OC(=O)N1CCOCC1CN1c2ccccc2N(c2ccccc2)S1(=O)=O. The molecule has 0 N–H and O–H groups in total. The Labute approximate surface area is 183 Å². The number of carbonyl (C=O) groups excluding carboxylic acids is 1. The van der Waals surface area contributed by atoms with Crippen molar-refractivity contribution in [1.82, 2.24) is 4.90 Å². The number of benzene rings is 2. The minimum absolute atomic E-state index is 0.0714. The van der Waals surface area contributed by atoms with E-state index in [-0.39, 0.29) is 13.2 Å². The average molecular weight is 446 g/mol. The van der Waals surface area contributed by atoms with Gasteiger partial charge in [-0.05, 0) is 45.0 Å². The minimum Gasteiger partial charge on any atom is -0.444 e. The molecule has 2 aromatic rings. The molecular formula is C22H27N3O5S. The normalized spacial score (nSPS) is 20.5. The molecule has 166 valence electrons. The summed E-state index contributed by atoms with van der Waals surface area (Å²) in [6, 6.07) is 15.7. The lowest BCUT2D eigenvalue weighted by Gasteiger charge is -2.38. The van der Waals surface area contributed by atoms with Crippen LogP contribution >= 0.6 is 0 Å². The van der Waals surface area contributed by atoms with Gasteiger partial charge in [0.15, 0.2) is 0 Å². The van der Waals surface area contributed by atoms with E-state index in [4.69, 9.17) is 9.47 Å². The predicted molar refractivity (Wildman–Crippen MR) is 119 cm³/mol. The molecule has 0 aliphatic carbocycles. The lowest BCUT2D eigenvalue weighted by molar-refractivity contribution is -0.0297. The second kappa shape index (κ2) is 8.05. The van der Waals surface area contributed by atoms with E-state index in [0.29, 0.717) is 30.2 Å². The van der Waals surface area contributed by atoms with Crippen molar-refractivity contribution in [2.24, 2.45) is 0 Å². The molecule has 1 unspecified atom stereocenters. The summed E-state index contributed by atoms with van der Waals surface area (Å²) in [5.41, 5.74) is 1.06. The van der Waals surface area contributed by atoms with Crippen LogP contribution in [0.3, 0.4) is 0 Å². The molecule has 4 rings (SSSR count). The van der Waals surface area contributed by atoms with Crippen molar-refractivity contribution in [3.8, 4) is 0 Å². The second-order valence-electron chi connectivity index (χ2n) is 8.53. The zero-order valence-corrected chi connectivity index (χ0v) is 18.7. The van der Waals surface area contributed by atoms with Crippen LogP contribution in [0.1, 0.15) is 20.8 Å². The highest BCUT2D eigenvalue weighted by atomic mass is 32.2. The molecule has 1 atom stereocenters. The Morgan fingerprint density at radius 2 is 1.71 bits per heavy atom. The summed E-state index contributed by atoms with van der Waals surface area (Å²) in [4.78, 5) is 14.3. The lowest BCUT2D eigenvalue weighted by Crippen LogP contribution is -2.55. The largest absolute Gasteiger partial charge is 0.444 e. The van der Waals surface area contributed by atoms with Gasteiger partial charge in [-0.1, -0.05) is 30.3 Å². The van der Waals surface area contributed by atoms with Gasteiger partial charge in [-0.3, -0.25) is 4.90 Å². The first kappa shape index (κ1) is 21.5. The number of ether oxygens (including phenoxy) is 2. The van der Waals surface area contributed by atoms with Crippen molar-refractivity contribution in [3.63, 3.8) is 0 Å². The molecule has 2 aliphatic heterocycles. The van der Waals surface area contributed by atoms with Crippen LogP contribution in [0.25, 0.3) is 0 Å². The van der Waals surface area contributed by atoms with E-state index in [2.05, 4.69) is 0 Å². The van der Waals surface area contributed by atoms with Crippen molar-refractivity contribution in [3.05, 3.63) is 54.6 Å². The van der Waals surface area contributed by atoms with E-state index >= 15 is 0 Å². The van der Waals surface area contributed by atoms with E-state index in [1.165, 1.54) is 8.61 Å². The van der Waals surface area contributed by atoms with Crippen molar-refractivity contribution in [2.75, 3.05) is 34.9 Å². The summed E-state index contributed by atoms with van der Waals surface area (Å²) in [7, 11) is -3.89. The number of fused-ring (bicyclic) bond motifs is 1. The Morgan fingerprint density at radius 1 is 1.06 bits per heavy atom. The van der Waals surface area contributed by atoms with Crippen molar-refractivity contribution in [2.45, 2.75) is 32.4 Å². The molecule has 0 bridgehead atoms. The third-order valence-corrected chi connectivity index (χ3v) is 6.87. The zero-order valence-electron chi connectivity index (χ0n) is 17.9. The van der Waals surface area contributed by atoms with Crippen LogP contribution in [0.4, 0.5) is 21.9 Å². The summed E-state index contributed by atoms with van der Waals surface area (Å²) in [5.74, 6) is 0. The quantitative estimate of drug-likeness (QED) is 0.722.